The predicted octanol–water partition coefficient (Wildman–Crippen LogP) is 4.86. The van der Waals surface area contributed by atoms with Crippen LogP contribution in [0.2, 0.25) is 0 Å². The number of hydrogen-bond acceptors (Lipinski definition) is 2. The maximum atomic E-state index is 13.2. The van der Waals surface area contributed by atoms with E-state index < -0.39 is 11.6 Å². The zero-order chi connectivity index (χ0) is 13.8. The van der Waals surface area contributed by atoms with E-state index >= 15 is 0 Å². The quantitative estimate of drug-likeness (QED) is 0.802. The Morgan fingerprint density at radius 1 is 1.00 bits per heavy atom. The van der Waals surface area contributed by atoms with Gasteiger partial charge in [0.2, 0.25) is 0 Å². The van der Waals surface area contributed by atoms with Gasteiger partial charge in [-0.2, -0.15) is 0 Å². The summed E-state index contributed by atoms with van der Waals surface area (Å²) in [6.07, 6.45) is 2.01. The van der Waals surface area contributed by atoms with Crippen LogP contribution in [0.4, 0.5) is 14.5 Å². The van der Waals surface area contributed by atoms with Crippen LogP contribution in [0.25, 0.3) is 0 Å². The summed E-state index contributed by atoms with van der Waals surface area (Å²) >= 11 is 1.67. The zero-order valence-corrected chi connectivity index (χ0v) is 11.6. The minimum absolute atomic E-state index is 0.162. The first-order chi connectivity index (χ1) is 9.08. The van der Waals surface area contributed by atoms with E-state index in [0.29, 0.717) is 5.56 Å². The summed E-state index contributed by atoms with van der Waals surface area (Å²) in [5.74, 6) is -1.11. The van der Waals surface area contributed by atoms with Gasteiger partial charge in [-0.3, -0.25) is 0 Å². The molecular weight excluding hydrogens is 264 g/mol. The van der Waals surface area contributed by atoms with Crippen molar-refractivity contribution in [1.29, 1.82) is 0 Å². The monoisotopic (exact) mass is 279 g/mol. The number of thioether (sulfide) groups is 1. The molecule has 1 atom stereocenters. The number of benzene rings is 2. The summed E-state index contributed by atoms with van der Waals surface area (Å²) < 4.78 is 26.3. The number of halogens is 2. The Morgan fingerprint density at radius 3 is 2.11 bits per heavy atom. The molecule has 100 valence electrons. The van der Waals surface area contributed by atoms with Crippen LogP contribution < -0.4 is 5.32 Å². The van der Waals surface area contributed by atoms with E-state index in [-0.39, 0.29) is 6.04 Å². The Bertz CT molecular complexity index is 534. The molecule has 1 unspecified atom stereocenters. The summed E-state index contributed by atoms with van der Waals surface area (Å²) in [4.78, 5) is 1.18. The summed E-state index contributed by atoms with van der Waals surface area (Å²) in [5, 5.41) is 3.22. The van der Waals surface area contributed by atoms with E-state index in [9.17, 15) is 8.78 Å². The molecule has 0 aliphatic heterocycles. The van der Waals surface area contributed by atoms with E-state index in [1.807, 2.05) is 37.4 Å². The third-order valence-corrected chi connectivity index (χ3v) is 3.60. The summed E-state index contributed by atoms with van der Waals surface area (Å²) in [6, 6.07) is 11.3. The lowest BCUT2D eigenvalue weighted by atomic mass is 10.1. The molecule has 0 aromatic heterocycles. The van der Waals surface area contributed by atoms with Crippen molar-refractivity contribution in [2.24, 2.45) is 0 Å². The van der Waals surface area contributed by atoms with Crippen LogP contribution in [0.15, 0.2) is 47.4 Å². The standard InChI is InChI=1S/C15H15F2NS/c1-10(11-7-12(16)9-13(17)8-11)18-14-3-5-15(19-2)6-4-14/h3-10,18H,1-2H3. The van der Waals surface area contributed by atoms with E-state index in [1.54, 1.807) is 11.8 Å². The lowest BCUT2D eigenvalue weighted by Crippen LogP contribution is -2.07. The second-order valence-electron chi connectivity index (χ2n) is 4.30. The highest BCUT2D eigenvalue weighted by Crippen LogP contribution is 2.23. The normalized spacial score (nSPS) is 12.2. The molecule has 0 radical (unpaired) electrons. The van der Waals surface area contributed by atoms with Crippen LogP contribution in [-0.2, 0) is 0 Å². The van der Waals surface area contributed by atoms with Crippen LogP contribution in [0, 0.1) is 11.6 Å². The van der Waals surface area contributed by atoms with E-state index in [4.69, 9.17) is 0 Å². The van der Waals surface area contributed by atoms with Gasteiger partial charge in [0.05, 0.1) is 0 Å². The van der Waals surface area contributed by atoms with Crippen molar-refractivity contribution in [3.8, 4) is 0 Å². The minimum Gasteiger partial charge on any atom is -0.379 e. The molecule has 4 heteroatoms. The molecular formula is C15H15F2NS. The Kier molecular flexibility index (Phi) is 4.43. The van der Waals surface area contributed by atoms with Crippen molar-refractivity contribution in [2.75, 3.05) is 11.6 Å². The molecule has 0 saturated carbocycles. The average Bonchev–Trinajstić information content (AvgIpc) is 2.38. The predicted molar refractivity (Wildman–Crippen MR) is 76.6 cm³/mol. The fourth-order valence-electron chi connectivity index (χ4n) is 1.85. The average molecular weight is 279 g/mol. The number of nitrogens with one attached hydrogen (secondary N) is 1. The van der Waals surface area contributed by atoms with Crippen LogP contribution in [0.5, 0.6) is 0 Å². The van der Waals surface area contributed by atoms with Crippen LogP contribution in [-0.4, -0.2) is 6.26 Å². The first kappa shape index (κ1) is 13.9. The van der Waals surface area contributed by atoms with Crippen molar-refractivity contribution in [2.45, 2.75) is 17.9 Å². The SMILES string of the molecule is CSc1ccc(NC(C)c2cc(F)cc(F)c2)cc1. The maximum Gasteiger partial charge on any atom is 0.126 e. The minimum atomic E-state index is -0.554. The molecule has 0 aliphatic rings. The van der Waals surface area contributed by atoms with Gasteiger partial charge in [0.15, 0.2) is 0 Å². The number of rotatable bonds is 4. The molecule has 19 heavy (non-hydrogen) atoms. The highest BCUT2D eigenvalue weighted by atomic mass is 32.2. The Morgan fingerprint density at radius 2 is 1.58 bits per heavy atom. The van der Waals surface area contributed by atoms with Gasteiger partial charge in [0.1, 0.15) is 11.6 Å². The van der Waals surface area contributed by atoms with Gasteiger partial charge >= 0.3 is 0 Å². The van der Waals surface area contributed by atoms with Crippen molar-refractivity contribution in [3.63, 3.8) is 0 Å². The number of hydrogen-bond donors (Lipinski definition) is 1. The second kappa shape index (κ2) is 6.06. The third kappa shape index (κ3) is 3.70. The van der Waals surface area contributed by atoms with Gasteiger partial charge in [-0.15, -0.1) is 11.8 Å². The fourth-order valence-corrected chi connectivity index (χ4v) is 2.25. The van der Waals surface area contributed by atoms with Gasteiger partial charge in [-0.1, -0.05) is 0 Å². The van der Waals surface area contributed by atoms with Crippen LogP contribution >= 0.6 is 11.8 Å². The van der Waals surface area contributed by atoms with Crippen molar-refractivity contribution in [3.05, 3.63) is 59.7 Å². The maximum absolute atomic E-state index is 13.2. The smallest absolute Gasteiger partial charge is 0.126 e. The molecule has 0 spiro atoms. The summed E-state index contributed by atoms with van der Waals surface area (Å²) in [5.41, 5.74) is 1.52. The first-order valence-corrected chi connectivity index (χ1v) is 7.17. The van der Waals surface area contributed by atoms with Gasteiger partial charge < -0.3 is 5.32 Å². The van der Waals surface area contributed by atoms with Gasteiger partial charge in [0, 0.05) is 22.7 Å². The van der Waals surface area contributed by atoms with Gasteiger partial charge in [0.25, 0.3) is 0 Å². The Hall–Kier alpha value is -1.55. The highest BCUT2D eigenvalue weighted by Gasteiger charge is 2.08. The molecule has 0 heterocycles. The topological polar surface area (TPSA) is 12.0 Å². The van der Waals surface area contributed by atoms with Crippen molar-refractivity contribution >= 4 is 17.4 Å². The van der Waals surface area contributed by atoms with E-state index in [0.717, 1.165) is 11.8 Å². The molecule has 1 nitrogen and oxygen atoms in total. The summed E-state index contributed by atoms with van der Waals surface area (Å²) in [6.45, 7) is 1.87. The molecule has 0 bridgehead atoms. The van der Waals surface area contributed by atoms with Gasteiger partial charge in [-0.05, 0) is 55.1 Å². The Labute approximate surface area is 116 Å². The fraction of sp³-hybridized carbons (Fsp3) is 0.200. The summed E-state index contributed by atoms with van der Waals surface area (Å²) in [7, 11) is 0. The lowest BCUT2D eigenvalue weighted by Gasteiger charge is -2.16. The molecule has 0 saturated heterocycles. The third-order valence-electron chi connectivity index (χ3n) is 2.86. The molecule has 0 aliphatic carbocycles. The van der Waals surface area contributed by atoms with E-state index in [2.05, 4.69) is 5.32 Å². The molecule has 0 amide bonds. The van der Waals surface area contributed by atoms with Crippen LogP contribution in [0.3, 0.4) is 0 Å². The van der Waals surface area contributed by atoms with Crippen molar-refractivity contribution in [1.82, 2.24) is 0 Å². The van der Waals surface area contributed by atoms with Crippen molar-refractivity contribution < 1.29 is 8.78 Å². The molecule has 2 aromatic rings. The van der Waals surface area contributed by atoms with E-state index in [1.165, 1.54) is 17.0 Å². The van der Waals surface area contributed by atoms with Gasteiger partial charge in [-0.25, -0.2) is 8.78 Å². The molecule has 2 aromatic carbocycles. The number of anilines is 1. The zero-order valence-electron chi connectivity index (χ0n) is 10.8. The first-order valence-electron chi connectivity index (χ1n) is 5.95. The molecule has 0 fully saturated rings. The molecule has 1 N–H and O–H groups in total. The lowest BCUT2D eigenvalue weighted by molar-refractivity contribution is 0.577. The Balaban J connectivity index is 2.13. The molecule has 2 rings (SSSR count). The van der Waals surface area contributed by atoms with Crippen LogP contribution in [0.1, 0.15) is 18.5 Å². The second-order valence-corrected chi connectivity index (χ2v) is 5.18. The largest absolute Gasteiger partial charge is 0.379 e. The highest BCUT2D eigenvalue weighted by molar-refractivity contribution is 7.98.